The van der Waals surface area contributed by atoms with Gasteiger partial charge in [-0.2, -0.15) is 0 Å². The number of nitrogens with one attached hydrogen (secondary N) is 1. The predicted molar refractivity (Wildman–Crippen MR) is 85.5 cm³/mol. The van der Waals surface area contributed by atoms with Gasteiger partial charge in [0, 0.05) is 19.1 Å². The monoisotopic (exact) mass is 331 g/mol. The van der Waals surface area contributed by atoms with Crippen molar-refractivity contribution in [3.05, 3.63) is 0 Å². The number of hydrogen-bond donors (Lipinski definition) is 4. The lowest BCUT2D eigenvalue weighted by molar-refractivity contribution is -0.176. The summed E-state index contributed by atoms with van der Waals surface area (Å²) in [5.41, 5.74) is 5.53. The summed E-state index contributed by atoms with van der Waals surface area (Å²) in [6.45, 7) is 5.56. The van der Waals surface area contributed by atoms with E-state index >= 15 is 0 Å². The van der Waals surface area contributed by atoms with Gasteiger partial charge in [0.1, 0.15) is 5.84 Å². The summed E-state index contributed by atoms with van der Waals surface area (Å²) in [5.74, 6) is -0.313. The molecule has 8 heteroatoms. The zero-order valence-corrected chi connectivity index (χ0v) is 14.0. The Bertz CT molecular complexity index is 395. The van der Waals surface area contributed by atoms with Crippen molar-refractivity contribution in [2.45, 2.75) is 52.2 Å². The number of ether oxygens (including phenoxy) is 2. The lowest BCUT2D eigenvalue weighted by Gasteiger charge is -2.30. The molecule has 0 aromatic rings. The molecule has 0 bridgehead atoms. The van der Waals surface area contributed by atoms with Crippen LogP contribution in [0.1, 0.15) is 46.0 Å². The molecule has 1 rings (SSSR count). The van der Waals surface area contributed by atoms with E-state index in [0.29, 0.717) is 13.0 Å². The second kappa shape index (κ2) is 9.57. The number of hydrogen-bond acceptors (Lipinski definition) is 5. The number of oxime groups is 1. The third-order valence-electron chi connectivity index (χ3n) is 4.00. The highest BCUT2D eigenvalue weighted by Crippen LogP contribution is 2.27. The Morgan fingerprint density at radius 3 is 2.83 bits per heavy atom. The number of amidine groups is 1. The van der Waals surface area contributed by atoms with Crippen molar-refractivity contribution in [3.63, 3.8) is 0 Å². The molecule has 5 N–H and O–H groups in total. The normalized spacial score (nSPS) is 21.0. The molecule has 1 aliphatic rings. The topological polar surface area (TPSA) is 126 Å². The third kappa shape index (κ3) is 8.03. The van der Waals surface area contributed by atoms with Crippen LogP contribution in [0.15, 0.2) is 5.16 Å². The maximum absolute atomic E-state index is 10.6. The Hall–Kier alpha value is -1.54. The van der Waals surface area contributed by atoms with Gasteiger partial charge in [-0.1, -0.05) is 19.0 Å². The van der Waals surface area contributed by atoms with Crippen LogP contribution in [0.3, 0.4) is 0 Å². The molecule has 1 amide bonds. The molecule has 1 aliphatic heterocycles. The summed E-state index contributed by atoms with van der Waals surface area (Å²) in [7, 11) is 0. The average Bonchev–Trinajstić information content (AvgIpc) is 2.53. The zero-order valence-electron chi connectivity index (χ0n) is 14.0. The van der Waals surface area contributed by atoms with Crippen LogP contribution in [0.4, 0.5) is 4.79 Å². The number of carboxylic acid groups (broad SMARTS) is 1. The van der Waals surface area contributed by atoms with Crippen LogP contribution in [0.25, 0.3) is 0 Å². The average molecular weight is 331 g/mol. The zero-order chi connectivity index (χ0) is 17.3. The van der Waals surface area contributed by atoms with Gasteiger partial charge in [0.2, 0.25) is 0 Å². The molecule has 2 atom stereocenters. The maximum Gasteiger partial charge on any atom is 0.404 e. The second-order valence-electron chi connectivity index (χ2n) is 6.72. The van der Waals surface area contributed by atoms with Gasteiger partial charge in [-0.3, -0.25) is 0 Å². The lowest BCUT2D eigenvalue weighted by atomic mass is 9.85. The molecule has 134 valence electrons. The number of amides is 1. The highest BCUT2D eigenvalue weighted by atomic mass is 16.7. The van der Waals surface area contributed by atoms with Crippen LogP contribution in [0.5, 0.6) is 0 Å². The molecule has 1 fully saturated rings. The predicted octanol–water partition coefficient (Wildman–Crippen LogP) is 1.97. The fraction of sp³-hybridized carbons (Fsp3) is 0.867. The van der Waals surface area contributed by atoms with Crippen molar-refractivity contribution in [2.75, 3.05) is 19.8 Å². The molecule has 1 saturated heterocycles. The van der Waals surface area contributed by atoms with Gasteiger partial charge >= 0.3 is 6.09 Å². The van der Waals surface area contributed by atoms with Crippen molar-refractivity contribution in [1.29, 1.82) is 0 Å². The molecule has 0 aromatic heterocycles. The molecule has 0 spiro atoms. The van der Waals surface area contributed by atoms with E-state index in [4.69, 9.17) is 25.5 Å². The highest BCUT2D eigenvalue weighted by molar-refractivity contribution is 5.82. The third-order valence-corrected chi connectivity index (χ3v) is 4.00. The fourth-order valence-corrected chi connectivity index (χ4v) is 2.44. The summed E-state index contributed by atoms with van der Waals surface area (Å²) < 4.78 is 11.4. The molecule has 23 heavy (non-hydrogen) atoms. The number of rotatable bonds is 9. The van der Waals surface area contributed by atoms with Crippen LogP contribution in [0.2, 0.25) is 0 Å². The molecule has 0 aromatic carbocycles. The number of carbonyl (C=O) groups is 1. The van der Waals surface area contributed by atoms with Crippen LogP contribution in [0, 0.1) is 11.3 Å². The maximum atomic E-state index is 10.6. The number of nitrogens with zero attached hydrogens (tertiary/aromatic N) is 1. The first-order chi connectivity index (χ1) is 10.8. The van der Waals surface area contributed by atoms with Crippen LogP contribution >= 0.6 is 0 Å². The highest BCUT2D eigenvalue weighted by Gasteiger charge is 2.25. The SMILES string of the molecule is CC(C)(CCC(CNC(=O)O)/C(N)=N\O)COC1CCCCO1. The van der Waals surface area contributed by atoms with E-state index < -0.39 is 6.09 Å². The first-order valence-corrected chi connectivity index (χ1v) is 8.01. The van der Waals surface area contributed by atoms with Gasteiger partial charge < -0.3 is 30.8 Å². The quantitative estimate of drug-likeness (QED) is 0.221. The summed E-state index contributed by atoms with van der Waals surface area (Å²) in [4.78, 5) is 10.6. The van der Waals surface area contributed by atoms with E-state index in [1.165, 1.54) is 0 Å². The summed E-state index contributed by atoms with van der Waals surface area (Å²) in [6, 6.07) is 0. The molecule has 8 nitrogen and oxygen atoms in total. The van der Waals surface area contributed by atoms with E-state index in [0.717, 1.165) is 32.3 Å². The lowest BCUT2D eigenvalue weighted by Crippen LogP contribution is -2.37. The fourth-order valence-electron chi connectivity index (χ4n) is 2.44. The van der Waals surface area contributed by atoms with Crippen molar-refractivity contribution >= 4 is 11.9 Å². The minimum Gasteiger partial charge on any atom is -0.465 e. The Kier molecular flexibility index (Phi) is 8.11. The van der Waals surface area contributed by atoms with Crippen LogP contribution < -0.4 is 11.1 Å². The molecule has 0 radical (unpaired) electrons. The first kappa shape index (κ1) is 19.5. The number of nitrogens with two attached hydrogens (primary N) is 1. The first-order valence-electron chi connectivity index (χ1n) is 8.01. The summed E-state index contributed by atoms with van der Waals surface area (Å²) in [6.07, 6.45) is 3.22. The van der Waals surface area contributed by atoms with Crippen LogP contribution in [-0.4, -0.2) is 48.3 Å². The van der Waals surface area contributed by atoms with Gasteiger partial charge in [-0.25, -0.2) is 4.79 Å². The molecule has 0 aliphatic carbocycles. The molecular formula is C15H29N3O5. The van der Waals surface area contributed by atoms with E-state index in [1.54, 1.807) is 0 Å². The Morgan fingerprint density at radius 1 is 1.52 bits per heavy atom. The smallest absolute Gasteiger partial charge is 0.404 e. The van der Waals surface area contributed by atoms with Crippen molar-refractivity contribution in [2.24, 2.45) is 22.2 Å². The summed E-state index contributed by atoms with van der Waals surface area (Å²) >= 11 is 0. The standard InChI is InChI=1S/C15H29N3O5/c1-15(2,10-23-12-5-3-4-8-22-12)7-6-11(13(16)18-21)9-17-14(19)20/h11-12,17,21H,3-10H2,1-2H3,(H2,16,18)(H,19,20). The summed E-state index contributed by atoms with van der Waals surface area (Å²) in [5, 5.41) is 22.8. The molecule has 1 heterocycles. The van der Waals surface area contributed by atoms with Gasteiger partial charge in [-0.05, 0) is 37.5 Å². The van der Waals surface area contributed by atoms with Gasteiger partial charge in [0.05, 0.1) is 6.61 Å². The van der Waals surface area contributed by atoms with E-state index in [9.17, 15) is 4.79 Å². The minimum absolute atomic E-state index is 0.0334. The molecule has 0 saturated carbocycles. The Balaban J connectivity index is 2.41. The van der Waals surface area contributed by atoms with Crippen molar-refractivity contribution < 1.29 is 24.6 Å². The van der Waals surface area contributed by atoms with Gasteiger partial charge in [0.15, 0.2) is 6.29 Å². The molecule has 2 unspecified atom stereocenters. The van der Waals surface area contributed by atoms with Crippen LogP contribution in [-0.2, 0) is 9.47 Å². The second-order valence-corrected chi connectivity index (χ2v) is 6.72. The van der Waals surface area contributed by atoms with Gasteiger partial charge in [-0.15, -0.1) is 0 Å². The van der Waals surface area contributed by atoms with Crippen molar-refractivity contribution in [3.8, 4) is 0 Å². The van der Waals surface area contributed by atoms with Crippen molar-refractivity contribution in [1.82, 2.24) is 5.32 Å². The Labute approximate surface area is 137 Å². The van der Waals surface area contributed by atoms with E-state index in [-0.39, 0.29) is 30.0 Å². The van der Waals surface area contributed by atoms with E-state index in [2.05, 4.69) is 24.3 Å². The minimum atomic E-state index is -1.13. The molecular weight excluding hydrogens is 302 g/mol. The van der Waals surface area contributed by atoms with E-state index in [1.807, 2.05) is 0 Å². The Morgan fingerprint density at radius 2 is 2.26 bits per heavy atom. The van der Waals surface area contributed by atoms with Gasteiger partial charge in [0.25, 0.3) is 0 Å². The largest absolute Gasteiger partial charge is 0.465 e.